The fraction of sp³-hybridized carbons (Fsp3) is 0.300. The summed E-state index contributed by atoms with van der Waals surface area (Å²) in [4.78, 5) is 29.4. The molecule has 0 atom stereocenters. The van der Waals surface area contributed by atoms with Crippen LogP contribution in [0.4, 0.5) is 0 Å². The van der Waals surface area contributed by atoms with Crippen LogP contribution >= 0.6 is 11.3 Å². The van der Waals surface area contributed by atoms with E-state index < -0.39 is 0 Å². The van der Waals surface area contributed by atoms with Crippen LogP contribution in [0.2, 0.25) is 0 Å². The molecule has 1 aliphatic heterocycles. The normalized spacial score (nSPS) is 15.6. The molecule has 2 aromatic rings. The fourth-order valence-electron chi connectivity index (χ4n) is 2.83. The molecule has 5 heteroatoms. The Morgan fingerprint density at radius 1 is 1.00 bits per heavy atom. The Kier molecular flexibility index (Phi) is 5.79. The molecule has 1 amide bonds. The van der Waals surface area contributed by atoms with Crippen molar-refractivity contribution in [2.75, 3.05) is 32.7 Å². The zero-order chi connectivity index (χ0) is 17.6. The molecular formula is C20H22N2O2S. The summed E-state index contributed by atoms with van der Waals surface area (Å²) in [6.07, 6.45) is 4.30. The topological polar surface area (TPSA) is 40.6 Å². The van der Waals surface area contributed by atoms with Gasteiger partial charge in [0.2, 0.25) is 0 Å². The lowest BCUT2D eigenvalue weighted by atomic mass is 10.2. The lowest BCUT2D eigenvalue weighted by Crippen LogP contribution is -2.48. The van der Waals surface area contributed by atoms with Crippen LogP contribution in [0.5, 0.6) is 0 Å². The van der Waals surface area contributed by atoms with E-state index in [1.807, 2.05) is 23.1 Å². The third-order valence-corrected chi connectivity index (χ3v) is 5.47. The molecule has 0 aliphatic carbocycles. The average molecular weight is 354 g/mol. The third kappa shape index (κ3) is 4.65. The Bertz CT molecular complexity index is 759. The van der Waals surface area contributed by atoms with Crippen LogP contribution in [-0.4, -0.2) is 54.2 Å². The van der Waals surface area contributed by atoms with Gasteiger partial charge in [0.25, 0.3) is 5.91 Å². The maximum atomic E-state index is 12.5. The van der Waals surface area contributed by atoms with Crippen molar-refractivity contribution in [2.24, 2.45) is 0 Å². The number of rotatable bonds is 5. The van der Waals surface area contributed by atoms with Gasteiger partial charge in [0.1, 0.15) is 0 Å². The van der Waals surface area contributed by atoms with Gasteiger partial charge in [-0.2, -0.15) is 0 Å². The molecule has 1 aromatic carbocycles. The first kappa shape index (κ1) is 17.6. The number of carbonyl (C=O) groups excluding carboxylic acids is 2. The number of nitrogens with zero attached hydrogens (tertiary/aromatic N) is 2. The van der Waals surface area contributed by atoms with Crippen LogP contribution in [0.3, 0.4) is 0 Å². The molecule has 0 unspecified atom stereocenters. The van der Waals surface area contributed by atoms with E-state index in [9.17, 15) is 9.59 Å². The summed E-state index contributed by atoms with van der Waals surface area (Å²) in [6, 6.07) is 13.8. The summed E-state index contributed by atoms with van der Waals surface area (Å²) in [5.41, 5.74) is 1.20. The van der Waals surface area contributed by atoms with Crippen molar-refractivity contribution < 1.29 is 9.59 Å². The molecule has 2 heterocycles. The first-order valence-corrected chi connectivity index (χ1v) is 9.29. The number of ketones is 1. The van der Waals surface area contributed by atoms with Gasteiger partial charge in [-0.3, -0.25) is 14.5 Å². The molecular weight excluding hydrogens is 332 g/mol. The second kappa shape index (κ2) is 8.23. The largest absolute Gasteiger partial charge is 0.335 e. The van der Waals surface area contributed by atoms with Crippen LogP contribution in [0.15, 0.2) is 48.5 Å². The highest BCUT2D eigenvalue weighted by Gasteiger charge is 2.23. The van der Waals surface area contributed by atoms with Crippen LogP contribution in [0, 0.1) is 0 Å². The molecule has 0 saturated carbocycles. The Balaban J connectivity index is 1.48. The number of Topliss-reactive ketones (excluding diaryl/α,β-unsaturated/α-hetero) is 1. The van der Waals surface area contributed by atoms with Crippen molar-refractivity contribution in [3.63, 3.8) is 0 Å². The second-order valence-electron chi connectivity index (χ2n) is 6.13. The van der Waals surface area contributed by atoms with E-state index in [2.05, 4.69) is 29.2 Å². The first-order chi connectivity index (χ1) is 12.1. The van der Waals surface area contributed by atoms with Gasteiger partial charge in [0.05, 0.1) is 9.75 Å². The van der Waals surface area contributed by atoms with E-state index in [1.165, 1.54) is 23.8 Å². The molecule has 1 saturated heterocycles. The molecule has 4 nitrogen and oxygen atoms in total. The predicted molar refractivity (Wildman–Crippen MR) is 102 cm³/mol. The lowest BCUT2D eigenvalue weighted by Gasteiger charge is -2.33. The van der Waals surface area contributed by atoms with E-state index >= 15 is 0 Å². The molecule has 3 rings (SSSR count). The van der Waals surface area contributed by atoms with Gasteiger partial charge in [0.15, 0.2) is 5.78 Å². The zero-order valence-electron chi connectivity index (χ0n) is 14.4. The quantitative estimate of drug-likeness (QED) is 0.773. The monoisotopic (exact) mass is 354 g/mol. The van der Waals surface area contributed by atoms with Crippen molar-refractivity contribution in [1.82, 2.24) is 9.80 Å². The Hall–Kier alpha value is -2.24. The van der Waals surface area contributed by atoms with Crippen molar-refractivity contribution in [2.45, 2.75) is 6.92 Å². The van der Waals surface area contributed by atoms with Gasteiger partial charge < -0.3 is 4.90 Å². The second-order valence-corrected chi connectivity index (χ2v) is 7.21. The molecule has 130 valence electrons. The molecule has 0 radical (unpaired) electrons. The average Bonchev–Trinajstić information content (AvgIpc) is 3.13. The highest BCUT2D eigenvalue weighted by molar-refractivity contribution is 7.15. The minimum absolute atomic E-state index is 0.0130. The Morgan fingerprint density at radius 2 is 1.68 bits per heavy atom. The standard InChI is InChI=1S/C20H22N2O2S/c1-16(23)18-9-10-19(25-18)20(24)22-14-12-21(13-15-22)11-5-8-17-6-3-2-4-7-17/h2-10H,11-15H2,1H3/b8-5+. The third-order valence-electron chi connectivity index (χ3n) is 4.30. The summed E-state index contributed by atoms with van der Waals surface area (Å²) in [5, 5.41) is 0. The number of hydrogen-bond donors (Lipinski definition) is 0. The van der Waals surface area contributed by atoms with Crippen LogP contribution < -0.4 is 0 Å². The van der Waals surface area contributed by atoms with Gasteiger partial charge >= 0.3 is 0 Å². The highest BCUT2D eigenvalue weighted by atomic mass is 32.1. The zero-order valence-corrected chi connectivity index (χ0v) is 15.2. The summed E-state index contributed by atoms with van der Waals surface area (Å²) in [6.45, 7) is 5.62. The Morgan fingerprint density at radius 3 is 2.32 bits per heavy atom. The van der Waals surface area contributed by atoms with Crippen molar-refractivity contribution in [3.05, 3.63) is 63.9 Å². The summed E-state index contributed by atoms with van der Waals surface area (Å²) in [5.74, 6) is 0.0519. The molecule has 1 fully saturated rings. The van der Waals surface area contributed by atoms with Crippen molar-refractivity contribution >= 4 is 29.1 Å². The van der Waals surface area contributed by atoms with E-state index in [0.29, 0.717) is 9.75 Å². The van der Waals surface area contributed by atoms with Crippen molar-refractivity contribution in [1.29, 1.82) is 0 Å². The van der Waals surface area contributed by atoms with E-state index in [-0.39, 0.29) is 11.7 Å². The summed E-state index contributed by atoms with van der Waals surface area (Å²) < 4.78 is 0. The number of thiophene rings is 1. The van der Waals surface area contributed by atoms with Gasteiger partial charge in [0, 0.05) is 32.7 Å². The van der Waals surface area contributed by atoms with Crippen LogP contribution in [0.1, 0.15) is 31.8 Å². The van der Waals surface area contributed by atoms with E-state index in [1.54, 1.807) is 12.1 Å². The molecule has 1 aliphatic rings. The molecule has 0 spiro atoms. The number of hydrogen-bond acceptors (Lipinski definition) is 4. The van der Waals surface area contributed by atoms with Gasteiger partial charge in [-0.25, -0.2) is 0 Å². The fourth-order valence-corrected chi connectivity index (χ4v) is 3.70. The molecule has 25 heavy (non-hydrogen) atoms. The number of carbonyl (C=O) groups is 2. The van der Waals surface area contributed by atoms with E-state index in [4.69, 9.17) is 0 Å². The van der Waals surface area contributed by atoms with Crippen LogP contribution in [-0.2, 0) is 0 Å². The van der Waals surface area contributed by atoms with Crippen molar-refractivity contribution in [3.8, 4) is 0 Å². The minimum atomic E-state index is 0.0130. The molecule has 0 bridgehead atoms. The number of piperazine rings is 1. The SMILES string of the molecule is CC(=O)c1ccc(C(=O)N2CCN(C/C=C/c3ccccc3)CC2)s1. The molecule has 0 N–H and O–H groups in total. The predicted octanol–water partition coefficient (Wildman–Crippen LogP) is 3.42. The van der Waals surface area contributed by atoms with E-state index in [0.717, 1.165) is 32.7 Å². The maximum Gasteiger partial charge on any atom is 0.264 e. The highest BCUT2D eigenvalue weighted by Crippen LogP contribution is 2.19. The van der Waals surface area contributed by atoms with Gasteiger partial charge in [-0.1, -0.05) is 42.5 Å². The number of benzene rings is 1. The van der Waals surface area contributed by atoms with Gasteiger partial charge in [-0.05, 0) is 24.6 Å². The smallest absolute Gasteiger partial charge is 0.264 e. The minimum Gasteiger partial charge on any atom is -0.335 e. The molecule has 1 aromatic heterocycles. The maximum absolute atomic E-state index is 12.5. The summed E-state index contributed by atoms with van der Waals surface area (Å²) in [7, 11) is 0. The van der Waals surface area contributed by atoms with Gasteiger partial charge in [-0.15, -0.1) is 11.3 Å². The lowest BCUT2D eigenvalue weighted by molar-refractivity contribution is 0.0655. The Labute approximate surface area is 152 Å². The van der Waals surface area contributed by atoms with Crippen LogP contribution in [0.25, 0.3) is 6.08 Å². The summed E-state index contributed by atoms with van der Waals surface area (Å²) >= 11 is 1.29. The first-order valence-electron chi connectivity index (χ1n) is 8.47. The number of amides is 1.